The van der Waals surface area contributed by atoms with Gasteiger partial charge in [0.25, 0.3) is 0 Å². The van der Waals surface area contributed by atoms with Crippen molar-refractivity contribution in [1.82, 2.24) is 5.32 Å². The molecule has 118 valence electrons. The van der Waals surface area contributed by atoms with Crippen molar-refractivity contribution in [2.75, 3.05) is 0 Å². The number of ether oxygens (including phenoxy) is 1. The summed E-state index contributed by atoms with van der Waals surface area (Å²) in [6, 6.07) is 5.18. The minimum Gasteiger partial charge on any atom is -0.434 e. The number of hydrogen-bond donors (Lipinski definition) is 1. The van der Waals surface area contributed by atoms with E-state index < -0.39 is 6.61 Å². The molecule has 2 nitrogen and oxygen atoms in total. The van der Waals surface area contributed by atoms with Crippen molar-refractivity contribution in [3.8, 4) is 5.75 Å². The van der Waals surface area contributed by atoms with Crippen LogP contribution in [0.15, 0.2) is 18.2 Å². The smallest absolute Gasteiger partial charge is 0.387 e. The zero-order chi connectivity index (χ0) is 15.2. The molecule has 0 radical (unpaired) electrons. The molecule has 0 amide bonds. The summed E-state index contributed by atoms with van der Waals surface area (Å²) in [5.74, 6) is 0.800. The first-order valence-electron chi connectivity index (χ1n) is 7.53. The van der Waals surface area contributed by atoms with E-state index >= 15 is 0 Å². The van der Waals surface area contributed by atoms with Gasteiger partial charge in [-0.2, -0.15) is 8.78 Å². The maximum atomic E-state index is 12.4. The van der Waals surface area contributed by atoms with E-state index in [0.29, 0.717) is 29.1 Å². The number of alkyl halides is 2. The summed E-state index contributed by atoms with van der Waals surface area (Å²) in [5, 5.41) is 4.01. The first-order valence-corrected chi connectivity index (χ1v) is 7.90. The highest BCUT2D eigenvalue weighted by Gasteiger charge is 2.20. The van der Waals surface area contributed by atoms with Crippen LogP contribution in [0.4, 0.5) is 8.78 Å². The lowest BCUT2D eigenvalue weighted by Crippen LogP contribution is -2.33. The molecule has 0 aliphatic heterocycles. The zero-order valence-electron chi connectivity index (χ0n) is 12.2. The Morgan fingerprint density at radius 1 is 1.29 bits per heavy atom. The molecule has 1 aromatic rings. The van der Waals surface area contributed by atoms with Crippen LogP contribution in [0.5, 0.6) is 5.75 Å². The highest BCUT2D eigenvalue weighted by atomic mass is 35.5. The number of hydrogen-bond acceptors (Lipinski definition) is 2. The van der Waals surface area contributed by atoms with Crippen molar-refractivity contribution in [1.29, 1.82) is 0 Å². The Morgan fingerprint density at radius 2 is 2.05 bits per heavy atom. The molecule has 0 aromatic heterocycles. The molecule has 1 aromatic carbocycles. The Morgan fingerprint density at radius 3 is 2.81 bits per heavy atom. The van der Waals surface area contributed by atoms with E-state index in [4.69, 9.17) is 11.6 Å². The van der Waals surface area contributed by atoms with Gasteiger partial charge >= 0.3 is 6.61 Å². The van der Waals surface area contributed by atoms with Gasteiger partial charge in [0, 0.05) is 23.2 Å². The molecule has 2 rings (SSSR count). The van der Waals surface area contributed by atoms with Crippen molar-refractivity contribution >= 4 is 11.6 Å². The number of nitrogens with one attached hydrogen (secondary N) is 1. The first kappa shape index (κ1) is 16.5. The molecule has 1 N–H and O–H groups in total. The molecule has 1 aliphatic rings. The van der Waals surface area contributed by atoms with Crippen LogP contribution in [-0.4, -0.2) is 12.7 Å². The second-order valence-electron chi connectivity index (χ2n) is 5.73. The van der Waals surface area contributed by atoms with Crippen LogP contribution >= 0.6 is 11.6 Å². The predicted octanol–water partition coefficient (Wildman–Crippen LogP) is 5.00. The van der Waals surface area contributed by atoms with Gasteiger partial charge in [-0.1, -0.05) is 37.8 Å². The summed E-state index contributed by atoms with van der Waals surface area (Å²) in [5.41, 5.74) is 0.680. The second kappa shape index (κ2) is 7.95. The highest BCUT2D eigenvalue weighted by Crippen LogP contribution is 2.27. The van der Waals surface area contributed by atoms with Crippen molar-refractivity contribution in [2.24, 2.45) is 5.92 Å². The quantitative estimate of drug-likeness (QED) is 0.772. The number of benzene rings is 1. The van der Waals surface area contributed by atoms with Crippen molar-refractivity contribution < 1.29 is 13.5 Å². The van der Waals surface area contributed by atoms with Crippen molar-refractivity contribution in [3.05, 3.63) is 28.8 Å². The summed E-state index contributed by atoms with van der Waals surface area (Å²) in [4.78, 5) is 0. The third-order valence-electron chi connectivity index (χ3n) is 4.15. The van der Waals surface area contributed by atoms with Crippen LogP contribution in [0.1, 0.15) is 44.6 Å². The molecule has 2 atom stereocenters. The van der Waals surface area contributed by atoms with E-state index in [-0.39, 0.29) is 5.75 Å². The maximum Gasteiger partial charge on any atom is 0.387 e. The Labute approximate surface area is 129 Å². The monoisotopic (exact) mass is 317 g/mol. The molecule has 21 heavy (non-hydrogen) atoms. The second-order valence-corrected chi connectivity index (χ2v) is 6.17. The van der Waals surface area contributed by atoms with Crippen LogP contribution in [0.2, 0.25) is 5.02 Å². The summed E-state index contributed by atoms with van der Waals surface area (Å²) >= 11 is 5.96. The normalized spacial score (nSPS) is 23.1. The molecule has 0 saturated heterocycles. The van der Waals surface area contributed by atoms with E-state index in [1.165, 1.54) is 31.7 Å². The first-order chi connectivity index (χ1) is 10.1. The molecule has 0 heterocycles. The lowest BCUT2D eigenvalue weighted by molar-refractivity contribution is -0.0505. The summed E-state index contributed by atoms with van der Waals surface area (Å²) < 4.78 is 29.4. The minimum absolute atomic E-state index is 0.197. The Kier molecular flexibility index (Phi) is 6.24. The molecule has 0 bridgehead atoms. The lowest BCUT2D eigenvalue weighted by atomic mass is 9.97. The average Bonchev–Trinajstić information content (AvgIpc) is 2.63. The van der Waals surface area contributed by atoms with E-state index in [1.807, 2.05) is 0 Å². The number of rotatable bonds is 5. The Hall–Kier alpha value is -0.870. The van der Waals surface area contributed by atoms with E-state index in [1.54, 1.807) is 12.1 Å². The topological polar surface area (TPSA) is 21.3 Å². The largest absolute Gasteiger partial charge is 0.434 e. The SMILES string of the molecule is CC1CCCCCC1NCc1cc(Cl)ccc1OC(F)F. The van der Waals surface area contributed by atoms with Gasteiger partial charge in [0.2, 0.25) is 0 Å². The maximum absolute atomic E-state index is 12.4. The highest BCUT2D eigenvalue weighted by molar-refractivity contribution is 6.30. The van der Waals surface area contributed by atoms with Gasteiger partial charge in [-0.05, 0) is 37.0 Å². The third kappa shape index (κ3) is 5.11. The molecule has 1 saturated carbocycles. The Balaban J connectivity index is 2.02. The van der Waals surface area contributed by atoms with Crippen LogP contribution in [-0.2, 0) is 6.54 Å². The Bertz CT molecular complexity index is 456. The molecular weight excluding hydrogens is 296 g/mol. The van der Waals surface area contributed by atoms with E-state index in [9.17, 15) is 8.78 Å². The number of halogens is 3. The van der Waals surface area contributed by atoms with Crippen LogP contribution < -0.4 is 10.1 Å². The van der Waals surface area contributed by atoms with Crippen LogP contribution in [0.25, 0.3) is 0 Å². The van der Waals surface area contributed by atoms with Gasteiger partial charge in [0.05, 0.1) is 0 Å². The average molecular weight is 318 g/mol. The fourth-order valence-corrected chi connectivity index (χ4v) is 3.13. The summed E-state index contributed by atoms with van der Waals surface area (Å²) in [7, 11) is 0. The molecule has 1 aliphatic carbocycles. The fourth-order valence-electron chi connectivity index (χ4n) is 2.93. The standard InChI is InChI=1S/C16H22ClF2NO/c1-11-5-3-2-4-6-14(11)20-10-12-9-13(17)7-8-15(12)21-16(18)19/h7-9,11,14,16,20H,2-6,10H2,1H3. The van der Waals surface area contributed by atoms with Gasteiger partial charge in [0.15, 0.2) is 0 Å². The molecule has 1 fully saturated rings. The third-order valence-corrected chi connectivity index (χ3v) is 4.39. The van der Waals surface area contributed by atoms with Gasteiger partial charge < -0.3 is 10.1 Å². The van der Waals surface area contributed by atoms with Crippen molar-refractivity contribution in [2.45, 2.75) is 58.2 Å². The summed E-state index contributed by atoms with van der Waals surface area (Å²) in [6.45, 7) is -0.0727. The molecular formula is C16H22ClF2NO. The summed E-state index contributed by atoms with van der Waals surface area (Å²) in [6.07, 6.45) is 6.12. The minimum atomic E-state index is -2.82. The van der Waals surface area contributed by atoms with Gasteiger partial charge in [-0.25, -0.2) is 0 Å². The predicted molar refractivity (Wildman–Crippen MR) is 81.0 cm³/mol. The lowest BCUT2D eigenvalue weighted by Gasteiger charge is -2.23. The van der Waals surface area contributed by atoms with E-state index in [0.717, 1.165) is 6.42 Å². The van der Waals surface area contributed by atoms with Gasteiger partial charge in [-0.3, -0.25) is 0 Å². The van der Waals surface area contributed by atoms with Gasteiger partial charge in [-0.15, -0.1) is 0 Å². The van der Waals surface area contributed by atoms with Gasteiger partial charge in [0.1, 0.15) is 5.75 Å². The molecule has 2 unspecified atom stereocenters. The zero-order valence-corrected chi connectivity index (χ0v) is 13.0. The van der Waals surface area contributed by atoms with Crippen molar-refractivity contribution in [3.63, 3.8) is 0 Å². The molecule has 5 heteroatoms. The molecule has 0 spiro atoms. The van der Waals surface area contributed by atoms with Crippen LogP contribution in [0, 0.1) is 5.92 Å². The van der Waals surface area contributed by atoms with Crippen LogP contribution in [0.3, 0.4) is 0 Å². The fraction of sp³-hybridized carbons (Fsp3) is 0.625. The van der Waals surface area contributed by atoms with E-state index in [2.05, 4.69) is 17.0 Å².